The lowest BCUT2D eigenvalue weighted by Gasteiger charge is -2.21. The quantitative estimate of drug-likeness (QED) is 0.716. The molecule has 3 aromatic rings. The van der Waals surface area contributed by atoms with Gasteiger partial charge in [0.25, 0.3) is 5.91 Å². The number of carbonyl (C=O) groups is 2. The van der Waals surface area contributed by atoms with E-state index in [9.17, 15) is 9.59 Å². The first-order chi connectivity index (χ1) is 14.5. The van der Waals surface area contributed by atoms with E-state index in [0.29, 0.717) is 35.7 Å². The Morgan fingerprint density at radius 1 is 1.20 bits per heavy atom. The number of amides is 3. The molecule has 0 radical (unpaired) electrons. The SMILES string of the molecule is COc1cccc(NC(=O)c2ccc3nnc(C4CCN(C(=O)N(C)C)C4)n3c2)c1. The van der Waals surface area contributed by atoms with Crippen LogP contribution in [0.2, 0.25) is 0 Å². The fourth-order valence-electron chi connectivity index (χ4n) is 3.65. The van der Waals surface area contributed by atoms with Crippen molar-refractivity contribution in [2.75, 3.05) is 39.6 Å². The molecule has 1 saturated heterocycles. The molecule has 4 rings (SSSR count). The van der Waals surface area contributed by atoms with Crippen LogP contribution in [0.1, 0.15) is 28.5 Å². The fourth-order valence-corrected chi connectivity index (χ4v) is 3.65. The predicted molar refractivity (Wildman–Crippen MR) is 112 cm³/mol. The molecular weight excluding hydrogens is 384 g/mol. The van der Waals surface area contributed by atoms with E-state index in [2.05, 4.69) is 15.5 Å². The molecule has 0 bridgehead atoms. The van der Waals surface area contributed by atoms with Crippen molar-refractivity contribution in [3.63, 3.8) is 0 Å². The second-order valence-corrected chi connectivity index (χ2v) is 7.50. The number of anilines is 1. The normalized spacial score (nSPS) is 16.0. The number of aromatic nitrogens is 3. The second-order valence-electron chi connectivity index (χ2n) is 7.50. The van der Waals surface area contributed by atoms with E-state index in [1.54, 1.807) is 56.6 Å². The first kappa shape index (κ1) is 19.7. The Balaban J connectivity index is 1.56. The van der Waals surface area contributed by atoms with Crippen molar-refractivity contribution < 1.29 is 14.3 Å². The highest BCUT2D eigenvalue weighted by Crippen LogP contribution is 2.27. The third kappa shape index (κ3) is 3.78. The Kier molecular flexibility index (Phi) is 5.26. The van der Waals surface area contributed by atoms with Crippen LogP contribution >= 0.6 is 0 Å². The molecule has 156 valence electrons. The number of benzene rings is 1. The van der Waals surface area contributed by atoms with E-state index in [0.717, 1.165) is 12.2 Å². The summed E-state index contributed by atoms with van der Waals surface area (Å²) in [7, 11) is 5.07. The van der Waals surface area contributed by atoms with Crippen LogP contribution in [0.3, 0.4) is 0 Å². The minimum atomic E-state index is -0.236. The standard InChI is InChI=1S/C21H24N6O3/c1-25(2)21(29)26-10-9-14(12-26)19-24-23-18-8-7-15(13-27(18)19)20(28)22-16-5-4-6-17(11-16)30-3/h4-8,11,13-14H,9-10,12H2,1-3H3,(H,22,28). The minimum Gasteiger partial charge on any atom is -0.497 e. The second kappa shape index (κ2) is 8.02. The zero-order chi connectivity index (χ0) is 21.3. The van der Waals surface area contributed by atoms with Crippen molar-refractivity contribution >= 4 is 23.3 Å². The zero-order valence-electron chi connectivity index (χ0n) is 17.2. The number of pyridine rings is 1. The topological polar surface area (TPSA) is 92.1 Å². The van der Waals surface area contributed by atoms with Crippen LogP contribution < -0.4 is 10.1 Å². The van der Waals surface area contributed by atoms with Crippen LogP contribution in [0.4, 0.5) is 10.5 Å². The van der Waals surface area contributed by atoms with Crippen molar-refractivity contribution in [3.05, 3.63) is 54.0 Å². The van der Waals surface area contributed by atoms with Crippen molar-refractivity contribution in [2.24, 2.45) is 0 Å². The van der Waals surface area contributed by atoms with Gasteiger partial charge in [-0.15, -0.1) is 10.2 Å². The lowest BCUT2D eigenvalue weighted by molar-refractivity contribution is 0.102. The molecule has 0 spiro atoms. The first-order valence-corrected chi connectivity index (χ1v) is 9.72. The Morgan fingerprint density at radius 2 is 2.03 bits per heavy atom. The number of rotatable bonds is 4. The number of hydrogen-bond donors (Lipinski definition) is 1. The van der Waals surface area contributed by atoms with Crippen molar-refractivity contribution in [1.82, 2.24) is 24.4 Å². The molecular formula is C21H24N6O3. The number of likely N-dealkylation sites (tertiary alicyclic amines) is 1. The first-order valence-electron chi connectivity index (χ1n) is 9.72. The maximum Gasteiger partial charge on any atom is 0.319 e. The van der Waals surface area contributed by atoms with Gasteiger partial charge in [-0.3, -0.25) is 9.20 Å². The molecule has 1 unspecified atom stereocenters. The van der Waals surface area contributed by atoms with Gasteiger partial charge in [0.15, 0.2) is 5.65 Å². The molecule has 3 heterocycles. The van der Waals surface area contributed by atoms with E-state index in [-0.39, 0.29) is 17.9 Å². The minimum absolute atomic E-state index is 0.00956. The van der Waals surface area contributed by atoms with Crippen LogP contribution in [0.25, 0.3) is 5.65 Å². The molecule has 1 aliphatic rings. The number of ether oxygens (including phenoxy) is 1. The van der Waals surface area contributed by atoms with Crippen LogP contribution in [0, 0.1) is 0 Å². The Labute approximate surface area is 174 Å². The van der Waals surface area contributed by atoms with Gasteiger partial charge in [0, 0.05) is 51.1 Å². The van der Waals surface area contributed by atoms with Crippen molar-refractivity contribution in [2.45, 2.75) is 12.3 Å². The molecule has 1 fully saturated rings. The van der Waals surface area contributed by atoms with E-state index in [1.807, 2.05) is 21.4 Å². The molecule has 9 heteroatoms. The van der Waals surface area contributed by atoms with Crippen LogP contribution in [-0.2, 0) is 0 Å². The van der Waals surface area contributed by atoms with Gasteiger partial charge in [-0.2, -0.15) is 0 Å². The fraction of sp³-hybridized carbons (Fsp3) is 0.333. The highest BCUT2D eigenvalue weighted by atomic mass is 16.5. The molecule has 1 aromatic carbocycles. The number of carbonyl (C=O) groups excluding carboxylic acids is 2. The van der Waals surface area contributed by atoms with Gasteiger partial charge in [0.2, 0.25) is 0 Å². The van der Waals surface area contributed by atoms with Crippen molar-refractivity contribution in [3.8, 4) is 5.75 Å². The van der Waals surface area contributed by atoms with Gasteiger partial charge in [0.05, 0.1) is 12.7 Å². The van der Waals surface area contributed by atoms with Gasteiger partial charge < -0.3 is 19.9 Å². The highest BCUT2D eigenvalue weighted by Gasteiger charge is 2.31. The van der Waals surface area contributed by atoms with Gasteiger partial charge in [-0.05, 0) is 30.7 Å². The lowest BCUT2D eigenvalue weighted by Crippen LogP contribution is -2.37. The van der Waals surface area contributed by atoms with Crippen molar-refractivity contribution in [1.29, 1.82) is 0 Å². The largest absolute Gasteiger partial charge is 0.497 e. The summed E-state index contributed by atoms with van der Waals surface area (Å²) in [6.07, 6.45) is 2.55. The van der Waals surface area contributed by atoms with Crippen LogP contribution in [0.15, 0.2) is 42.6 Å². The summed E-state index contributed by atoms with van der Waals surface area (Å²) in [6.45, 7) is 1.25. The molecule has 0 aliphatic carbocycles. The molecule has 1 aliphatic heterocycles. The lowest BCUT2D eigenvalue weighted by atomic mass is 10.1. The monoisotopic (exact) mass is 408 g/mol. The number of urea groups is 1. The average molecular weight is 408 g/mol. The molecule has 3 amide bonds. The third-order valence-electron chi connectivity index (χ3n) is 5.22. The van der Waals surface area contributed by atoms with E-state index < -0.39 is 0 Å². The van der Waals surface area contributed by atoms with Gasteiger partial charge in [-0.1, -0.05) is 6.07 Å². The van der Waals surface area contributed by atoms with Gasteiger partial charge >= 0.3 is 6.03 Å². The number of nitrogens with one attached hydrogen (secondary N) is 1. The molecule has 1 N–H and O–H groups in total. The smallest absolute Gasteiger partial charge is 0.319 e. The number of methoxy groups -OCH3 is 1. The molecule has 1 atom stereocenters. The molecule has 30 heavy (non-hydrogen) atoms. The predicted octanol–water partition coefficient (Wildman–Crippen LogP) is 2.46. The highest BCUT2D eigenvalue weighted by molar-refractivity contribution is 6.04. The summed E-state index contributed by atoms with van der Waals surface area (Å²) in [6, 6.07) is 10.7. The maximum absolute atomic E-state index is 12.8. The number of nitrogens with zero attached hydrogens (tertiary/aromatic N) is 5. The summed E-state index contributed by atoms with van der Waals surface area (Å²) < 4.78 is 7.04. The maximum atomic E-state index is 12.8. The molecule has 0 saturated carbocycles. The summed E-state index contributed by atoms with van der Waals surface area (Å²) in [5, 5.41) is 11.4. The van der Waals surface area contributed by atoms with Gasteiger partial charge in [0.1, 0.15) is 11.6 Å². The number of fused-ring (bicyclic) bond motifs is 1. The molecule has 9 nitrogen and oxygen atoms in total. The van der Waals surface area contributed by atoms with E-state index >= 15 is 0 Å². The Bertz CT molecular complexity index is 1090. The third-order valence-corrected chi connectivity index (χ3v) is 5.22. The summed E-state index contributed by atoms with van der Waals surface area (Å²) in [5.41, 5.74) is 1.81. The van der Waals surface area contributed by atoms with E-state index in [1.165, 1.54) is 0 Å². The summed E-state index contributed by atoms with van der Waals surface area (Å²) in [4.78, 5) is 28.4. The average Bonchev–Trinajstić information content (AvgIpc) is 3.39. The zero-order valence-corrected chi connectivity index (χ0v) is 17.2. The van der Waals surface area contributed by atoms with Gasteiger partial charge in [-0.25, -0.2) is 4.79 Å². The molecule has 2 aromatic heterocycles. The van der Waals surface area contributed by atoms with Crippen LogP contribution in [-0.4, -0.2) is 70.6 Å². The summed E-state index contributed by atoms with van der Waals surface area (Å²) in [5.74, 6) is 1.26. The number of hydrogen-bond acceptors (Lipinski definition) is 5. The Morgan fingerprint density at radius 3 is 2.80 bits per heavy atom. The summed E-state index contributed by atoms with van der Waals surface area (Å²) >= 11 is 0. The van der Waals surface area contributed by atoms with Crippen LogP contribution in [0.5, 0.6) is 5.75 Å². The Hall–Kier alpha value is -3.62. The van der Waals surface area contributed by atoms with E-state index in [4.69, 9.17) is 4.74 Å².